The lowest BCUT2D eigenvalue weighted by Crippen LogP contribution is -2.61. The third-order valence-electron chi connectivity index (χ3n) is 8.45. The van der Waals surface area contributed by atoms with Gasteiger partial charge in [-0.2, -0.15) is 0 Å². The van der Waals surface area contributed by atoms with Crippen LogP contribution in [-0.4, -0.2) is 118 Å². The van der Waals surface area contributed by atoms with Crippen molar-refractivity contribution in [1.29, 1.82) is 0 Å². The Morgan fingerprint density at radius 2 is 1.86 bits per heavy atom. The maximum absolute atomic E-state index is 13.3. The van der Waals surface area contributed by atoms with Crippen molar-refractivity contribution in [1.82, 2.24) is 0 Å². The number of fused-ring (bicyclic) bond motifs is 5. The summed E-state index contributed by atoms with van der Waals surface area (Å²) in [5, 5.41) is 61.6. The first-order chi connectivity index (χ1) is 20.1. The average Bonchev–Trinajstić information content (AvgIpc) is 3.66. The SMILES string of the molecule is COC(=O)C1=CO[C@H](O[C@@H]2O[C@H](CO)[C@@H](O)[C@H](O)[C@H]2O)[C@H]2[C@@H]1[C@@H]1O[C@@H]1[C@]21C=C([C@H](O)c2ccc(O)c(OC)c2)C(=O)O1. The van der Waals surface area contributed by atoms with Crippen molar-refractivity contribution in [3.05, 3.63) is 47.2 Å². The number of epoxide rings is 1. The topological polar surface area (TPSA) is 223 Å². The first-order valence-electron chi connectivity index (χ1n) is 13.1. The molecule has 6 N–H and O–H groups in total. The fraction of sp³-hybridized carbons (Fsp3) is 0.556. The zero-order valence-corrected chi connectivity index (χ0v) is 22.3. The molecule has 0 bridgehead atoms. The van der Waals surface area contributed by atoms with Crippen LogP contribution in [0.15, 0.2) is 41.7 Å². The molecule has 4 heterocycles. The lowest BCUT2D eigenvalue weighted by atomic mass is 9.78. The molecule has 0 aromatic heterocycles. The summed E-state index contributed by atoms with van der Waals surface area (Å²) < 4.78 is 38.9. The van der Waals surface area contributed by atoms with Gasteiger partial charge in [-0.3, -0.25) is 0 Å². The molecule has 0 radical (unpaired) electrons. The van der Waals surface area contributed by atoms with Crippen LogP contribution in [0.3, 0.4) is 0 Å². The molecule has 1 aromatic carbocycles. The number of aromatic hydroxyl groups is 1. The number of benzene rings is 1. The van der Waals surface area contributed by atoms with Crippen LogP contribution in [0, 0.1) is 11.8 Å². The molecule has 1 aliphatic carbocycles. The molecule has 1 saturated carbocycles. The Balaban J connectivity index is 1.37. The molecule has 6 rings (SSSR count). The van der Waals surface area contributed by atoms with E-state index in [0.717, 1.165) is 6.26 Å². The van der Waals surface area contributed by atoms with Crippen molar-refractivity contribution >= 4 is 11.9 Å². The quantitative estimate of drug-likeness (QED) is 0.147. The summed E-state index contributed by atoms with van der Waals surface area (Å²) in [4.78, 5) is 25.9. The van der Waals surface area contributed by atoms with E-state index in [9.17, 15) is 40.2 Å². The number of hydrogen-bond acceptors (Lipinski definition) is 15. The number of aliphatic hydroxyl groups excluding tert-OH is 5. The van der Waals surface area contributed by atoms with Crippen molar-refractivity contribution in [2.45, 2.75) is 60.9 Å². The first-order valence-corrected chi connectivity index (χ1v) is 13.1. The fourth-order valence-electron chi connectivity index (χ4n) is 6.31. The van der Waals surface area contributed by atoms with Crippen LogP contribution in [0.1, 0.15) is 11.7 Å². The summed E-state index contributed by atoms with van der Waals surface area (Å²) in [6.45, 7) is -0.694. The van der Waals surface area contributed by atoms with Crippen LogP contribution in [0.4, 0.5) is 0 Å². The number of hydrogen-bond donors (Lipinski definition) is 6. The molecule has 228 valence electrons. The number of esters is 2. The van der Waals surface area contributed by atoms with Gasteiger partial charge in [0.25, 0.3) is 0 Å². The number of ether oxygens (including phenoxy) is 7. The second kappa shape index (κ2) is 10.5. The molecule has 15 heteroatoms. The van der Waals surface area contributed by atoms with Crippen LogP contribution in [0.2, 0.25) is 0 Å². The van der Waals surface area contributed by atoms with Crippen molar-refractivity contribution < 1.29 is 73.4 Å². The van der Waals surface area contributed by atoms with E-state index in [0.29, 0.717) is 0 Å². The number of phenols is 1. The first kappa shape index (κ1) is 28.8. The minimum absolute atomic E-state index is 0.0706. The Hall–Kier alpha value is -3.28. The molecule has 4 aliphatic heterocycles. The van der Waals surface area contributed by atoms with E-state index in [-0.39, 0.29) is 28.2 Å². The van der Waals surface area contributed by atoms with Crippen LogP contribution in [0.5, 0.6) is 11.5 Å². The van der Waals surface area contributed by atoms with E-state index in [2.05, 4.69) is 0 Å². The van der Waals surface area contributed by atoms with Gasteiger partial charge >= 0.3 is 11.9 Å². The summed E-state index contributed by atoms with van der Waals surface area (Å²) >= 11 is 0. The molecule has 3 fully saturated rings. The summed E-state index contributed by atoms with van der Waals surface area (Å²) in [6, 6.07) is 4.06. The third kappa shape index (κ3) is 4.27. The Labute approximate surface area is 238 Å². The Morgan fingerprint density at radius 3 is 2.55 bits per heavy atom. The maximum atomic E-state index is 13.3. The molecule has 0 amide bonds. The largest absolute Gasteiger partial charge is 0.504 e. The van der Waals surface area contributed by atoms with Crippen molar-refractivity contribution in [3.8, 4) is 11.5 Å². The Morgan fingerprint density at radius 1 is 1.10 bits per heavy atom. The summed E-state index contributed by atoms with van der Waals surface area (Å²) in [5.41, 5.74) is -1.48. The summed E-state index contributed by atoms with van der Waals surface area (Å²) in [7, 11) is 2.51. The monoisotopic (exact) mass is 594 g/mol. The lowest BCUT2D eigenvalue weighted by Gasteiger charge is -2.45. The molecule has 1 spiro atoms. The summed E-state index contributed by atoms with van der Waals surface area (Å²) in [5.74, 6) is -3.51. The number of carbonyl (C=O) groups excluding carboxylic acids is 2. The van der Waals surface area contributed by atoms with Gasteiger partial charge in [0.15, 0.2) is 23.4 Å². The number of methoxy groups -OCH3 is 2. The fourth-order valence-corrected chi connectivity index (χ4v) is 6.31. The molecule has 5 aliphatic rings. The van der Waals surface area contributed by atoms with Gasteiger partial charge in [-0.25, -0.2) is 9.59 Å². The van der Waals surface area contributed by atoms with Gasteiger partial charge in [0, 0.05) is 5.92 Å². The highest BCUT2D eigenvalue weighted by Crippen LogP contribution is 2.63. The number of rotatable bonds is 7. The average molecular weight is 595 g/mol. The van der Waals surface area contributed by atoms with Gasteiger partial charge in [0.1, 0.15) is 36.6 Å². The molecular formula is C27H30O15. The van der Waals surface area contributed by atoms with E-state index in [1.165, 1.54) is 38.5 Å². The molecule has 42 heavy (non-hydrogen) atoms. The highest BCUT2D eigenvalue weighted by molar-refractivity contribution is 5.94. The van der Waals surface area contributed by atoms with E-state index in [1.807, 2.05) is 0 Å². The molecule has 12 atom stereocenters. The molecule has 0 unspecified atom stereocenters. The lowest BCUT2D eigenvalue weighted by molar-refractivity contribution is -0.347. The van der Waals surface area contributed by atoms with E-state index < -0.39 is 91.3 Å². The zero-order chi connectivity index (χ0) is 30.1. The van der Waals surface area contributed by atoms with Crippen molar-refractivity contribution in [2.75, 3.05) is 20.8 Å². The number of phenolic OH excluding ortho intramolecular Hbond substituents is 1. The maximum Gasteiger partial charge on any atom is 0.337 e. The standard InChI is InChI=1S/C27H30O15/c1-36-13-5-9(3-4-12(13)29)17(30)10-6-27(42-24(10)35)16-15(21-22(27)40-21)11(23(34)37-2)8-38-25(16)41-26-20(33)19(32)18(31)14(7-28)39-26/h3-6,8,14-22,25-26,28-33H,7H2,1-2H3/t14-,15-,16-,17-,18-,19+,20-,21+,22+,25-,26+,27+/m1/s1. The van der Waals surface area contributed by atoms with Crippen LogP contribution in [-0.2, 0) is 38.0 Å². The van der Waals surface area contributed by atoms with Crippen LogP contribution < -0.4 is 4.74 Å². The summed E-state index contributed by atoms with van der Waals surface area (Å²) in [6.07, 6.45) is -9.79. The minimum atomic E-state index is -1.76. The van der Waals surface area contributed by atoms with Crippen LogP contribution in [0.25, 0.3) is 0 Å². The predicted octanol–water partition coefficient (Wildman–Crippen LogP) is -2.10. The highest BCUT2D eigenvalue weighted by atomic mass is 16.8. The minimum Gasteiger partial charge on any atom is -0.504 e. The Kier molecular flexibility index (Phi) is 7.18. The highest BCUT2D eigenvalue weighted by Gasteiger charge is 2.78. The van der Waals surface area contributed by atoms with E-state index >= 15 is 0 Å². The Bertz CT molecular complexity index is 1320. The van der Waals surface area contributed by atoms with Gasteiger partial charge in [-0.1, -0.05) is 6.07 Å². The molecule has 1 aromatic rings. The predicted molar refractivity (Wildman–Crippen MR) is 132 cm³/mol. The molecular weight excluding hydrogens is 564 g/mol. The third-order valence-corrected chi connectivity index (χ3v) is 8.45. The van der Waals surface area contributed by atoms with Crippen LogP contribution >= 0.6 is 0 Å². The zero-order valence-electron chi connectivity index (χ0n) is 22.3. The van der Waals surface area contributed by atoms with Gasteiger partial charge in [0.2, 0.25) is 6.29 Å². The van der Waals surface area contributed by atoms with Crippen molar-refractivity contribution in [3.63, 3.8) is 0 Å². The number of carbonyl (C=O) groups is 2. The molecule has 15 nitrogen and oxygen atoms in total. The smallest absolute Gasteiger partial charge is 0.337 e. The van der Waals surface area contributed by atoms with Gasteiger partial charge < -0.3 is 63.8 Å². The van der Waals surface area contributed by atoms with Crippen molar-refractivity contribution in [2.24, 2.45) is 11.8 Å². The van der Waals surface area contributed by atoms with E-state index in [1.54, 1.807) is 0 Å². The normalized spacial score (nSPS) is 40.7. The molecule has 2 saturated heterocycles. The second-order valence-electron chi connectivity index (χ2n) is 10.7. The van der Waals surface area contributed by atoms with E-state index in [4.69, 9.17) is 33.2 Å². The second-order valence-corrected chi connectivity index (χ2v) is 10.7. The number of aliphatic hydroxyl groups is 5. The van der Waals surface area contributed by atoms with Gasteiger partial charge in [-0.15, -0.1) is 0 Å². The van der Waals surface area contributed by atoms with Gasteiger partial charge in [0.05, 0.1) is 50.3 Å². The van der Waals surface area contributed by atoms with Gasteiger partial charge in [-0.05, 0) is 23.8 Å².